The van der Waals surface area contributed by atoms with Crippen molar-refractivity contribution < 1.29 is 4.39 Å². The zero-order valence-electron chi connectivity index (χ0n) is 13.0. The number of nitrogens with zero attached hydrogens (tertiary/aromatic N) is 2. The van der Waals surface area contributed by atoms with Gasteiger partial charge in [0.25, 0.3) is 0 Å². The van der Waals surface area contributed by atoms with Crippen LogP contribution in [-0.2, 0) is 12.0 Å². The second kappa shape index (κ2) is 6.39. The van der Waals surface area contributed by atoms with Crippen molar-refractivity contribution >= 4 is 0 Å². The Balaban J connectivity index is 2.24. The quantitative estimate of drug-likeness (QED) is 0.879. The molecule has 0 fully saturated rings. The molecule has 1 heterocycles. The van der Waals surface area contributed by atoms with Crippen molar-refractivity contribution in [1.29, 1.82) is 0 Å². The lowest BCUT2D eigenvalue weighted by atomic mass is 9.84. The number of nitrogens with two attached hydrogens (primary N) is 1. The third kappa shape index (κ3) is 3.50. The van der Waals surface area contributed by atoms with E-state index in [2.05, 4.69) is 18.9 Å². The lowest BCUT2D eigenvalue weighted by molar-refractivity contribution is 0.409. The van der Waals surface area contributed by atoms with E-state index < -0.39 is 5.54 Å². The lowest BCUT2D eigenvalue weighted by Crippen LogP contribution is -2.38. The average Bonchev–Trinajstić information content (AvgIpc) is 2.94. The highest BCUT2D eigenvalue weighted by atomic mass is 19.1. The average molecular weight is 289 g/mol. The number of benzene rings is 1. The molecule has 4 heteroatoms. The smallest absolute Gasteiger partial charge is 0.123 e. The fourth-order valence-corrected chi connectivity index (χ4v) is 2.46. The van der Waals surface area contributed by atoms with Crippen LogP contribution >= 0.6 is 0 Å². The number of aromatic nitrogens is 2. The molecule has 2 aromatic rings. The summed E-state index contributed by atoms with van der Waals surface area (Å²) in [5.74, 6) is -0.249. The van der Waals surface area contributed by atoms with Crippen molar-refractivity contribution in [2.75, 3.05) is 0 Å². The van der Waals surface area contributed by atoms with Gasteiger partial charge in [0.1, 0.15) is 5.82 Å². The Labute approximate surface area is 126 Å². The summed E-state index contributed by atoms with van der Waals surface area (Å²) in [5.41, 5.74) is 7.71. The van der Waals surface area contributed by atoms with Gasteiger partial charge in [-0.25, -0.2) is 4.39 Å². The predicted molar refractivity (Wildman–Crippen MR) is 83.5 cm³/mol. The fraction of sp³-hybridized carbons (Fsp3) is 0.471. The largest absolute Gasteiger partial charge is 0.321 e. The summed E-state index contributed by atoms with van der Waals surface area (Å²) >= 11 is 0. The van der Waals surface area contributed by atoms with E-state index in [0.717, 1.165) is 24.1 Å². The van der Waals surface area contributed by atoms with Crippen molar-refractivity contribution in [3.8, 4) is 0 Å². The molecule has 114 valence electrons. The molecule has 0 aliphatic rings. The summed E-state index contributed by atoms with van der Waals surface area (Å²) in [5, 5.41) is 4.60. The summed E-state index contributed by atoms with van der Waals surface area (Å²) in [6.45, 7) is 6.30. The van der Waals surface area contributed by atoms with Gasteiger partial charge in [0.2, 0.25) is 0 Å². The monoisotopic (exact) mass is 289 g/mol. The molecule has 0 saturated carbocycles. The van der Waals surface area contributed by atoms with Gasteiger partial charge in [-0.1, -0.05) is 26.0 Å². The Kier molecular flexibility index (Phi) is 4.78. The highest BCUT2D eigenvalue weighted by Crippen LogP contribution is 2.27. The van der Waals surface area contributed by atoms with E-state index in [1.807, 2.05) is 29.9 Å². The Morgan fingerprint density at radius 3 is 2.71 bits per heavy atom. The Morgan fingerprint density at radius 1 is 1.33 bits per heavy atom. The minimum atomic E-state index is -0.587. The van der Waals surface area contributed by atoms with Gasteiger partial charge in [-0.2, -0.15) is 5.10 Å². The maximum Gasteiger partial charge on any atom is 0.123 e. The Hall–Kier alpha value is -1.68. The third-order valence-corrected chi connectivity index (χ3v) is 4.23. The van der Waals surface area contributed by atoms with Gasteiger partial charge in [0.05, 0.1) is 5.69 Å². The maximum atomic E-state index is 13.5. The molecule has 2 unspecified atom stereocenters. The SMILES string of the molecule is CCC(C)n1ccc(CC(N)(CC)c2cccc(F)c2)n1. The first-order valence-corrected chi connectivity index (χ1v) is 7.57. The maximum absolute atomic E-state index is 13.5. The van der Waals surface area contributed by atoms with Crippen LogP contribution < -0.4 is 5.73 Å². The van der Waals surface area contributed by atoms with Crippen LogP contribution in [0, 0.1) is 5.82 Å². The third-order valence-electron chi connectivity index (χ3n) is 4.23. The van der Waals surface area contributed by atoms with E-state index >= 15 is 0 Å². The Bertz CT molecular complexity index is 593. The molecule has 0 bridgehead atoms. The van der Waals surface area contributed by atoms with Crippen LogP contribution in [0.3, 0.4) is 0 Å². The van der Waals surface area contributed by atoms with Crippen LogP contribution in [0.5, 0.6) is 0 Å². The van der Waals surface area contributed by atoms with Crippen molar-refractivity contribution in [3.05, 3.63) is 53.6 Å². The van der Waals surface area contributed by atoms with Crippen molar-refractivity contribution in [2.45, 2.75) is 51.6 Å². The minimum absolute atomic E-state index is 0.249. The highest BCUT2D eigenvalue weighted by molar-refractivity contribution is 5.26. The van der Waals surface area contributed by atoms with Gasteiger partial charge in [-0.05, 0) is 43.5 Å². The molecule has 1 aromatic heterocycles. The standard InChI is InChI=1S/C17H24FN3/c1-4-13(3)21-10-9-16(20-21)12-17(19,5-2)14-7-6-8-15(18)11-14/h6-11,13H,4-5,12,19H2,1-3H3. The van der Waals surface area contributed by atoms with Crippen LogP contribution in [0.15, 0.2) is 36.5 Å². The van der Waals surface area contributed by atoms with Crippen molar-refractivity contribution in [3.63, 3.8) is 0 Å². The molecule has 0 amide bonds. The Morgan fingerprint density at radius 2 is 2.10 bits per heavy atom. The van der Waals surface area contributed by atoms with E-state index in [-0.39, 0.29) is 5.82 Å². The first-order valence-electron chi connectivity index (χ1n) is 7.57. The van der Waals surface area contributed by atoms with Gasteiger partial charge in [0.15, 0.2) is 0 Å². The minimum Gasteiger partial charge on any atom is -0.321 e. The zero-order chi connectivity index (χ0) is 15.5. The molecular weight excluding hydrogens is 265 g/mol. The molecule has 0 radical (unpaired) electrons. The predicted octanol–water partition coefficient (Wildman–Crippen LogP) is 3.80. The van der Waals surface area contributed by atoms with Gasteiger partial charge < -0.3 is 5.73 Å². The first kappa shape index (κ1) is 15.7. The molecule has 0 spiro atoms. The molecule has 0 saturated heterocycles. The van der Waals surface area contributed by atoms with Crippen LogP contribution in [0.2, 0.25) is 0 Å². The summed E-state index contributed by atoms with van der Waals surface area (Å²) in [7, 11) is 0. The number of rotatable bonds is 6. The molecule has 0 aliphatic carbocycles. The van der Waals surface area contributed by atoms with E-state index in [1.165, 1.54) is 12.1 Å². The zero-order valence-corrected chi connectivity index (χ0v) is 13.0. The van der Waals surface area contributed by atoms with E-state index in [4.69, 9.17) is 5.73 Å². The summed E-state index contributed by atoms with van der Waals surface area (Å²) in [4.78, 5) is 0. The molecule has 2 N–H and O–H groups in total. The van der Waals surface area contributed by atoms with E-state index in [0.29, 0.717) is 12.5 Å². The van der Waals surface area contributed by atoms with Crippen LogP contribution in [0.25, 0.3) is 0 Å². The normalized spacial score (nSPS) is 15.7. The fourth-order valence-electron chi connectivity index (χ4n) is 2.46. The number of hydrogen-bond donors (Lipinski definition) is 1. The molecule has 2 rings (SSSR count). The summed E-state index contributed by atoms with van der Waals surface area (Å²) in [6, 6.07) is 8.94. The summed E-state index contributed by atoms with van der Waals surface area (Å²) in [6.07, 6.45) is 4.36. The second-order valence-electron chi connectivity index (χ2n) is 5.74. The molecule has 0 aliphatic heterocycles. The van der Waals surface area contributed by atoms with Crippen LogP contribution in [-0.4, -0.2) is 9.78 Å². The van der Waals surface area contributed by atoms with Gasteiger partial charge in [0, 0.05) is 24.2 Å². The van der Waals surface area contributed by atoms with E-state index in [1.54, 1.807) is 6.07 Å². The topological polar surface area (TPSA) is 43.8 Å². The summed E-state index contributed by atoms with van der Waals surface area (Å²) < 4.78 is 15.4. The second-order valence-corrected chi connectivity index (χ2v) is 5.74. The molecule has 1 aromatic carbocycles. The molecule has 21 heavy (non-hydrogen) atoms. The lowest BCUT2D eigenvalue weighted by Gasteiger charge is -2.28. The van der Waals surface area contributed by atoms with Gasteiger partial charge in [-0.3, -0.25) is 4.68 Å². The van der Waals surface area contributed by atoms with Crippen LogP contribution in [0.4, 0.5) is 4.39 Å². The van der Waals surface area contributed by atoms with Gasteiger partial charge >= 0.3 is 0 Å². The number of halogens is 1. The van der Waals surface area contributed by atoms with E-state index in [9.17, 15) is 4.39 Å². The van der Waals surface area contributed by atoms with Crippen molar-refractivity contribution in [1.82, 2.24) is 9.78 Å². The number of hydrogen-bond acceptors (Lipinski definition) is 2. The molecule has 2 atom stereocenters. The highest BCUT2D eigenvalue weighted by Gasteiger charge is 2.27. The molecular formula is C17H24FN3. The van der Waals surface area contributed by atoms with Crippen LogP contribution in [0.1, 0.15) is 50.9 Å². The van der Waals surface area contributed by atoms with Crippen molar-refractivity contribution in [2.24, 2.45) is 5.73 Å². The molecule has 3 nitrogen and oxygen atoms in total. The van der Waals surface area contributed by atoms with Gasteiger partial charge in [-0.15, -0.1) is 0 Å². The first-order chi connectivity index (χ1) is 9.98.